The summed E-state index contributed by atoms with van der Waals surface area (Å²) in [5.74, 6) is 0.418. The minimum atomic E-state index is -0.373. The Morgan fingerprint density at radius 3 is 2.15 bits per heavy atom. The average molecular weight is 441 g/mol. The summed E-state index contributed by atoms with van der Waals surface area (Å²) in [5, 5.41) is 3.22. The van der Waals surface area contributed by atoms with Crippen molar-refractivity contribution in [3.8, 4) is 5.75 Å². The average Bonchev–Trinajstić information content (AvgIpc) is 3.02. The Morgan fingerprint density at radius 1 is 0.848 bits per heavy atom. The number of imide groups is 1. The van der Waals surface area contributed by atoms with Crippen molar-refractivity contribution in [3.63, 3.8) is 0 Å². The lowest BCUT2D eigenvalue weighted by Gasteiger charge is -2.16. The van der Waals surface area contributed by atoms with Crippen LogP contribution in [0.4, 0.5) is 11.4 Å². The third kappa shape index (κ3) is 4.82. The van der Waals surface area contributed by atoms with Gasteiger partial charge in [0.15, 0.2) is 0 Å². The van der Waals surface area contributed by atoms with Gasteiger partial charge in [-0.3, -0.25) is 9.59 Å². The normalized spacial score (nSPS) is 13.8. The Kier molecular flexibility index (Phi) is 6.31. The number of nitrogens with one attached hydrogen (secondary N) is 1. The molecule has 3 aromatic carbocycles. The number of aryl methyl sites for hydroxylation is 2. The van der Waals surface area contributed by atoms with Gasteiger partial charge >= 0.3 is 0 Å². The molecule has 0 aromatic heterocycles. The SMILES string of the molecule is Cc1cccc(NC2=C(c3ccc(OCC(C)C)cc3)C(=O)N(c3cccc(C)c3)C2=O)c1. The third-order valence-corrected chi connectivity index (χ3v) is 5.36. The van der Waals surface area contributed by atoms with Crippen molar-refractivity contribution in [2.45, 2.75) is 27.7 Å². The van der Waals surface area contributed by atoms with E-state index >= 15 is 0 Å². The third-order valence-electron chi connectivity index (χ3n) is 5.36. The first-order chi connectivity index (χ1) is 15.8. The van der Waals surface area contributed by atoms with E-state index in [9.17, 15) is 9.59 Å². The van der Waals surface area contributed by atoms with E-state index in [1.807, 2.05) is 80.6 Å². The number of ether oxygens (including phenoxy) is 1. The van der Waals surface area contributed by atoms with E-state index in [4.69, 9.17) is 4.74 Å². The molecule has 168 valence electrons. The summed E-state index contributed by atoms with van der Waals surface area (Å²) in [4.78, 5) is 28.3. The van der Waals surface area contributed by atoms with E-state index in [1.54, 1.807) is 6.07 Å². The van der Waals surface area contributed by atoms with Gasteiger partial charge in [-0.25, -0.2) is 4.90 Å². The van der Waals surface area contributed by atoms with E-state index < -0.39 is 0 Å². The van der Waals surface area contributed by atoms with Crippen LogP contribution >= 0.6 is 0 Å². The standard InChI is InChI=1S/C28H28N2O3/c1-18(2)17-33-24-13-11-21(12-14-24)25-26(29-22-9-5-7-19(3)15-22)28(32)30(27(25)31)23-10-6-8-20(4)16-23/h5-16,18,29H,17H2,1-4H3. The van der Waals surface area contributed by atoms with E-state index in [1.165, 1.54) is 4.90 Å². The van der Waals surface area contributed by atoms with Crippen LogP contribution in [-0.4, -0.2) is 18.4 Å². The number of rotatable bonds is 7. The fraction of sp³-hybridized carbons (Fsp3) is 0.214. The minimum Gasteiger partial charge on any atom is -0.493 e. The molecule has 4 rings (SSSR count). The number of hydrogen-bond acceptors (Lipinski definition) is 4. The van der Waals surface area contributed by atoms with Gasteiger partial charge in [0.25, 0.3) is 11.8 Å². The zero-order valence-electron chi connectivity index (χ0n) is 19.4. The molecule has 1 N–H and O–H groups in total. The van der Waals surface area contributed by atoms with Crippen molar-refractivity contribution in [2.24, 2.45) is 5.92 Å². The first kappa shape index (κ1) is 22.3. The molecular weight excluding hydrogens is 412 g/mol. The van der Waals surface area contributed by atoms with Gasteiger partial charge in [-0.05, 0) is 72.9 Å². The quantitative estimate of drug-likeness (QED) is 0.476. The minimum absolute atomic E-state index is 0.267. The molecule has 0 saturated carbocycles. The van der Waals surface area contributed by atoms with Crippen LogP contribution in [0.15, 0.2) is 78.5 Å². The molecule has 33 heavy (non-hydrogen) atoms. The highest BCUT2D eigenvalue weighted by atomic mass is 16.5. The second-order valence-corrected chi connectivity index (χ2v) is 8.76. The summed E-state index contributed by atoms with van der Waals surface area (Å²) in [6.07, 6.45) is 0. The van der Waals surface area contributed by atoms with Crippen LogP contribution in [0.25, 0.3) is 5.57 Å². The van der Waals surface area contributed by atoms with E-state index in [0.29, 0.717) is 29.3 Å². The van der Waals surface area contributed by atoms with Gasteiger partial charge in [-0.2, -0.15) is 0 Å². The summed E-state index contributed by atoms with van der Waals surface area (Å²) >= 11 is 0. The van der Waals surface area contributed by atoms with Crippen molar-refractivity contribution in [2.75, 3.05) is 16.8 Å². The van der Waals surface area contributed by atoms with Gasteiger partial charge in [0, 0.05) is 5.69 Å². The number of nitrogens with zero attached hydrogens (tertiary/aromatic N) is 1. The van der Waals surface area contributed by atoms with Gasteiger partial charge in [0.05, 0.1) is 17.9 Å². The Bertz CT molecular complexity index is 1230. The van der Waals surface area contributed by atoms with Crippen molar-refractivity contribution >= 4 is 28.8 Å². The van der Waals surface area contributed by atoms with Gasteiger partial charge in [0.2, 0.25) is 0 Å². The van der Waals surface area contributed by atoms with Crippen LogP contribution in [0, 0.1) is 19.8 Å². The second kappa shape index (κ2) is 9.33. The molecule has 5 nitrogen and oxygen atoms in total. The highest BCUT2D eigenvalue weighted by Gasteiger charge is 2.40. The largest absolute Gasteiger partial charge is 0.493 e. The molecule has 2 amide bonds. The molecular formula is C28H28N2O3. The van der Waals surface area contributed by atoms with E-state index in [-0.39, 0.29) is 17.5 Å². The molecule has 0 spiro atoms. The fourth-order valence-corrected chi connectivity index (χ4v) is 3.76. The maximum absolute atomic E-state index is 13.6. The summed E-state index contributed by atoms with van der Waals surface area (Å²) in [6, 6.07) is 22.4. The monoisotopic (exact) mass is 440 g/mol. The number of carbonyl (C=O) groups excluding carboxylic acids is 2. The molecule has 0 saturated heterocycles. The maximum atomic E-state index is 13.6. The van der Waals surface area contributed by atoms with Gasteiger partial charge < -0.3 is 10.1 Å². The molecule has 0 fully saturated rings. The highest BCUT2D eigenvalue weighted by Crippen LogP contribution is 2.34. The highest BCUT2D eigenvalue weighted by molar-refractivity contribution is 6.46. The van der Waals surface area contributed by atoms with E-state index in [0.717, 1.165) is 22.6 Å². The topological polar surface area (TPSA) is 58.6 Å². The fourth-order valence-electron chi connectivity index (χ4n) is 3.76. The van der Waals surface area contributed by atoms with Crippen LogP contribution in [-0.2, 0) is 9.59 Å². The van der Waals surface area contributed by atoms with Gasteiger partial charge in [0.1, 0.15) is 11.4 Å². The van der Waals surface area contributed by atoms with Crippen LogP contribution < -0.4 is 15.0 Å². The zero-order valence-corrected chi connectivity index (χ0v) is 19.4. The molecule has 0 radical (unpaired) electrons. The summed E-state index contributed by atoms with van der Waals surface area (Å²) in [7, 11) is 0. The number of carbonyl (C=O) groups is 2. The number of amides is 2. The summed E-state index contributed by atoms with van der Waals surface area (Å²) in [5.41, 5.74) is 4.62. The molecule has 1 heterocycles. The van der Waals surface area contributed by atoms with Crippen LogP contribution in [0.3, 0.4) is 0 Å². The molecule has 0 aliphatic carbocycles. The Hall–Kier alpha value is -3.86. The number of hydrogen-bond donors (Lipinski definition) is 1. The smallest absolute Gasteiger partial charge is 0.282 e. The number of anilines is 2. The molecule has 0 bridgehead atoms. The Labute approximate surface area is 194 Å². The number of benzene rings is 3. The molecule has 1 aliphatic heterocycles. The molecule has 0 unspecified atom stereocenters. The van der Waals surface area contributed by atoms with Crippen molar-refractivity contribution in [3.05, 3.63) is 95.2 Å². The van der Waals surface area contributed by atoms with Gasteiger partial charge in [-0.1, -0.05) is 50.2 Å². The van der Waals surface area contributed by atoms with Crippen molar-refractivity contribution in [1.82, 2.24) is 0 Å². The molecule has 5 heteroatoms. The van der Waals surface area contributed by atoms with E-state index in [2.05, 4.69) is 19.2 Å². The summed E-state index contributed by atoms with van der Waals surface area (Å²) in [6.45, 7) is 8.71. The predicted octanol–water partition coefficient (Wildman–Crippen LogP) is 5.73. The lowest BCUT2D eigenvalue weighted by molar-refractivity contribution is -0.120. The van der Waals surface area contributed by atoms with Crippen LogP contribution in [0.5, 0.6) is 5.75 Å². The van der Waals surface area contributed by atoms with Crippen molar-refractivity contribution < 1.29 is 14.3 Å². The van der Waals surface area contributed by atoms with Crippen molar-refractivity contribution in [1.29, 1.82) is 0 Å². The lowest BCUT2D eigenvalue weighted by atomic mass is 10.0. The predicted molar refractivity (Wildman–Crippen MR) is 132 cm³/mol. The van der Waals surface area contributed by atoms with Crippen LogP contribution in [0.2, 0.25) is 0 Å². The first-order valence-electron chi connectivity index (χ1n) is 11.1. The van der Waals surface area contributed by atoms with Crippen LogP contribution in [0.1, 0.15) is 30.5 Å². The Morgan fingerprint density at radius 2 is 1.52 bits per heavy atom. The Balaban J connectivity index is 1.75. The zero-order chi connectivity index (χ0) is 23.5. The molecule has 1 aliphatic rings. The van der Waals surface area contributed by atoms with Gasteiger partial charge in [-0.15, -0.1) is 0 Å². The lowest BCUT2D eigenvalue weighted by Crippen LogP contribution is -2.32. The molecule has 0 atom stereocenters. The summed E-state index contributed by atoms with van der Waals surface area (Å²) < 4.78 is 5.78. The first-order valence-corrected chi connectivity index (χ1v) is 11.1. The molecule has 3 aromatic rings. The maximum Gasteiger partial charge on any atom is 0.282 e. The second-order valence-electron chi connectivity index (χ2n) is 8.76.